The van der Waals surface area contributed by atoms with Crippen molar-refractivity contribution in [3.63, 3.8) is 0 Å². The van der Waals surface area contributed by atoms with E-state index < -0.39 is 25.5 Å². The van der Waals surface area contributed by atoms with Crippen LogP contribution in [0.15, 0.2) is 67.1 Å². The Labute approximate surface area is 282 Å². The fourth-order valence-corrected chi connectivity index (χ4v) is 6.10. The Morgan fingerprint density at radius 3 is 2.50 bits per heavy atom. The van der Waals surface area contributed by atoms with E-state index >= 15 is 4.39 Å². The number of rotatable bonds is 10. The summed E-state index contributed by atoms with van der Waals surface area (Å²) in [5.41, 5.74) is 4.23. The summed E-state index contributed by atoms with van der Waals surface area (Å²) >= 11 is 0. The quantitative estimate of drug-likeness (QED) is 0.131. The van der Waals surface area contributed by atoms with E-state index in [9.17, 15) is 9.59 Å². The molecule has 0 radical (unpaired) electrons. The van der Waals surface area contributed by atoms with Crippen LogP contribution in [0.1, 0.15) is 38.3 Å². The second-order valence-electron chi connectivity index (χ2n) is 14.2. The molecule has 0 spiro atoms. The maximum atomic E-state index is 15.5. The fraction of sp³-hybridized carbons (Fsp3) is 0.389. The summed E-state index contributed by atoms with van der Waals surface area (Å²) < 4.78 is 29.2. The van der Waals surface area contributed by atoms with Crippen LogP contribution >= 0.6 is 0 Å². The monoisotopic (exact) mass is 672 g/mol. The average Bonchev–Trinajstić information content (AvgIpc) is 3.40. The number of nitrogens with zero attached hydrogens (tertiary/aromatic N) is 4. The van der Waals surface area contributed by atoms with Gasteiger partial charge in [0.15, 0.2) is 0 Å². The molecule has 2 N–H and O–H groups in total. The molecule has 0 bridgehead atoms. The zero-order chi connectivity index (χ0) is 34.5. The van der Waals surface area contributed by atoms with E-state index in [1.165, 1.54) is 12.4 Å². The zero-order valence-electron chi connectivity index (χ0n) is 28.6. The van der Waals surface area contributed by atoms with Crippen molar-refractivity contribution in [3.8, 4) is 11.3 Å². The normalized spacial score (nSPS) is 13.7. The van der Waals surface area contributed by atoms with Gasteiger partial charge in [-0.15, -0.1) is 0 Å². The topological polar surface area (TPSA) is 111 Å². The Balaban J connectivity index is 1.42. The third kappa shape index (κ3) is 9.07. The lowest BCUT2D eigenvalue weighted by molar-refractivity contribution is 0.0270. The van der Waals surface area contributed by atoms with Crippen LogP contribution in [-0.4, -0.2) is 64.9 Å². The van der Waals surface area contributed by atoms with Crippen LogP contribution in [0.3, 0.4) is 0 Å². The molecule has 0 fully saturated rings. The number of para-hydroxylation sites is 1. The number of amides is 3. The van der Waals surface area contributed by atoms with Crippen molar-refractivity contribution in [1.82, 2.24) is 24.8 Å². The molecule has 12 heteroatoms. The number of carbonyl (C=O) groups is 2. The van der Waals surface area contributed by atoms with E-state index in [2.05, 4.69) is 40.2 Å². The van der Waals surface area contributed by atoms with E-state index in [1.54, 1.807) is 23.1 Å². The van der Waals surface area contributed by atoms with Crippen LogP contribution in [0, 0.1) is 5.82 Å². The van der Waals surface area contributed by atoms with Gasteiger partial charge in [0.05, 0.1) is 11.1 Å². The molecule has 0 saturated heterocycles. The van der Waals surface area contributed by atoms with Gasteiger partial charge in [-0.1, -0.05) is 56.0 Å². The molecular weight excluding hydrogens is 628 g/mol. The van der Waals surface area contributed by atoms with Crippen LogP contribution in [0.5, 0.6) is 0 Å². The van der Waals surface area contributed by atoms with Crippen molar-refractivity contribution < 1.29 is 23.5 Å². The van der Waals surface area contributed by atoms with Crippen LogP contribution in [0.2, 0.25) is 25.7 Å². The molecule has 0 atom stereocenters. The van der Waals surface area contributed by atoms with Crippen molar-refractivity contribution in [2.75, 3.05) is 25.0 Å². The highest BCUT2D eigenvalue weighted by molar-refractivity contribution is 6.76. The highest BCUT2D eigenvalue weighted by atomic mass is 28.3. The Hall–Kier alpha value is -4.55. The maximum absolute atomic E-state index is 15.5. The number of fused-ring (bicyclic) bond motifs is 1. The van der Waals surface area contributed by atoms with Gasteiger partial charge in [-0.05, 0) is 57.0 Å². The van der Waals surface area contributed by atoms with Gasteiger partial charge in [-0.3, -0.25) is 0 Å². The van der Waals surface area contributed by atoms with Crippen LogP contribution in [0.25, 0.3) is 27.9 Å². The molecular formula is C36H45FN6O4Si. The minimum absolute atomic E-state index is 0.0153. The second-order valence-corrected chi connectivity index (χ2v) is 19.8. The van der Waals surface area contributed by atoms with E-state index in [1.807, 2.05) is 61.9 Å². The van der Waals surface area contributed by atoms with E-state index in [0.29, 0.717) is 61.0 Å². The largest absolute Gasteiger partial charge is 0.444 e. The molecule has 1 aliphatic heterocycles. The van der Waals surface area contributed by atoms with Crippen molar-refractivity contribution in [2.24, 2.45) is 0 Å². The van der Waals surface area contributed by atoms with Crippen LogP contribution < -0.4 is 10.6 Å². The van der Waals surface area contributed by atoms with Gasteiger partial charge in [0.1, 0.15) is 30.1 Å². The zero-order valence-corrected chi connectivity index (χ0v) is 29.6. The number of hydrogen-bond acceptors (Lipinski definition) is 6. The molecule has 0 saturated carbocycles. The Bertz CT molecular complexity index is 1800. The summed E-state index contributed by atoms with van der Waals surface area (Å²) in [6, 6.07) is 14.6. The maximum Gasteiger partial charge on any atom is 0.410 e. The average molecular weight is 673 g/mol. The van der Waals surface area contributed by atoms with E-state index in [4.69, 9.17) is 9.47 Å². The van der Waals surface area contributed by atoms with Crippen molar-refractivity contribution in [2.45, 2.75) is 71.8 Å². The molecule has 2 aromatic heterocycles. The number of urea groups is 1. The van der Waals surface area contributed by atoms with Crippen LogP contribution in [0.4, 0.5) is 19.7 Å². The molecule has 10 nitrogen and oxygen atoms in total. The number of halogens is 1. The molecule has 48 heavy (non-hydrogen) atoms. The Morgan fingerprint density at radius 1 is 1.06 bits per heavy atom. The minimum Gasteiger partial charge on any atom is -0.444 e. The summed E-state index contributed by atoms with van der Waals surface area (Å²) in [7, 11) is -1.27. The summed E-state index contributed by atoms with van der Waals surface area (Å²) in [4.78, 5) is 36.1. The highest BCUT2D eigenvalue weighted by Crippen LogP contribution is 2.36. The third-order valence-electron chi connectivity index (χ3n) is 7.88. The number of nitrogens with one attached hydrogen (secondary N) is 2. The number of anilines is 1. The number of hydrogen-bond donors (Lipinski definition) is 2. The predicted octanol–water partition coefficient (Wildman–Crippen LogP) is 7.90. The standard InChI is InChI=1S/C36H45FN6O4Si/c1-36(2,3)47-35(45)42-16-14-25(15-17-42)29-22-43(24-46-18-19-48(4,5)6)33-31(29)32(39-23-40-33)26-12-13-27(30(37)20-26)21-38-34(44)41-28-10-8-7-9-11-28/h7-14,20,22-23H,15-19,21,24H2,1-6H3,(H2,38,41,44). The molecule has 1 aliphatic rings. The first-order chi connectivity index (χ1) is 22.8. The van der Waals surface area contributed by atoms with Gasteiger partial charge in [-0.2, -0.15) is 0 Å². The van der Waals surface area contributed by atoms with Gasteiger partial charge >= 0.3 is 12.1 Å². The summed E-state index contributed by atoms with van der Waals surface area (Å²) in [6.07, 6.45) is 5.80. The first-order valence-corrected chi connectivity index (χ1v) is 20.0. The summed E-state index contributed by atoms with van der Waals surface area (Å²) in [6.45, 7) is 14.4. The summed E-state index contributed by atoms with van der Waals surface area (Å²) in [5, 5.41) is 6.24. The van der Waals surface area contributed by atoms with Gasteiger partial charge in [0.25, 0.3) is 0 Å². The molecule has 3 amide bonds. The number of ether oxygens (including phenoxy) is 2. The molecule has 4 aromatic rings. The third-order valence-corrected chi connectivity index (χ3v) is 9.59. The van der Waals surface area contributed by atoms with Crippen molar-refractivity contribution in [3.05, 3.63) is 84.1 Å². The van der Waals surface area contributed by atoms with Crippen molar-refractivity contribution in [1.29, 1.82) is 0 Å². The molecule has 2 aromatic carbocycles. The number of carbonyl (C=O) groups excluding carboxylic acids is 2. The van der Waals surface area contributed by atoms with E-state index in [-0.39, 0.29) is 12.6 Å². The molecule has 3 heterocycles. The van der Waals surface area contributed by atoms with Gasteiger partial charge < -0.3 is 29.6 Å². The van der Waals surface area contributed by atoms with Crippen molar-refractivity contribution >= 4 is 42.5 Å². The first kappa shape index (κ1) is 34.8. The first-order valence-electron chi connectivity index (χ1n) is 16.2. The second kappa shape index (κ2) is 14.7. The van der Waals surface area contributed by atoms with Gasteiger partial charge in [-0.25, -0.2) is 23.9 Å². The Morgan fingerprint density at radius 2 is 1.83 bits per heavy atom. The highest BCUT2D eigenvalue weighted by Gasteiger charge is 2.26. The molecule has 0 unspecified atom stereocenters. The molecule has 5 rings (SSSR count). The van der Waals surface area contributed by atoms with Crippen LogP contribution in [-0.2, 0) is 22.7 Å². The number of benzene rings is 2. The SMILES string of the molecule is CC(C)(C)OC(=O)N1CC=C(c2cn(COCC[Si](C)(C)C)c3ncnc(-c4ccc(CNC(=O)Nc5ccccc5)c(F)c4)c23)CC1. The smallest absolute Gasteiger partial charge is 0.410 e. The molecule has 254 valence electrons. The minimum atomic E-state index is -1.27. The Kier molecular flexibility index (Phi) is 10.6. The fourth-order valence-electron chi connectivity index (χ4n) is 5.34. The molecule has 0 aliphatic carbocycles. The number of aromatic nitrogens is 3. The lowest BCUT2D eigenvalue weighted by Crippen LogP contribution is -2.39. The lowest BCUT2D eigenvalue weighted by Gasteiger charge is -2.29. The predicted molar refractivity (Wildman–Crippen MR) is 190 cm³/mol. The van der Waals surface area contributed by atoms with Gasteiger partial charge in [0, 0.05) is 62.9 Å². The van der Waals surface area contributed by atoms with Gasteiger partial charge in [0.2, 0.25) is 0 Å². The lowest BCUT2D eigenvalue weighted by atomic mass is 9.97. The summed E-state index contributed by atoms with van der Waals surface area (Å²) in [5.74, 6) is -0.458. The van der Waals surface area contributed by atoms with E-state index in [0.717, 1.165) is 22.6 Å².